The van der Waals surface area contributed by atoms with Crippen LogP contribution >= 0.6 is 0 Å². The second-order valence-electron chi connectivity index (χ2n) is 4.80. The molecule has 2 aliphatic carbocycles. The highest BCUT2D eigenvalue weighted by atomic mass is 16.3. The molecule has 2 saturated carbocycles. The average Bonchev–Trinajstić information content (AvgIpc) is 2.61. The summed E-state index contributed by atoms with van der Waals surface area (Å²) >= 11 is 0. The van der Waals surface area contributed by atoms with Gasteiger partial charge in [0.2, 0.25) is 0 Å². The van der Waals surface area contributed by atoms with Gasteiger partial charge < -0.3 is 10.4 Å². The van der Waals surface area contributed by atoms with E-state index in [9.17, 15) is 5.11 Å². The lowest BCUT2D eigenvalue weighted by Crippen LogP contribution is -2.38. The van der Waals surface area contributed by atoms with Gasteiger partial charge in [0.25, 0.3) is 0 Å². The zero-order chi connectivity index (χ0) is 8.60. The molecule has 2 N–H and O–H groups in total. The monoisotopic (exact) mass is 169 g/mol. The Bertz CT molecular complexity index is 165. The van der Waals surface area contributed by atoms with Gasteiger partial charge in [-0.15, -0.1) is 0 Å². The lowest BCUT2D eigenvalue weighted by Gasteiger charge is -2.18. The van der Waals surface area contributed by atoms with E-state index in [1.54, 1.807) is 0 Å². The van der Waals surface area contributed by atoms with Gasteiger partial charge in [-0.3, -0.25) is 0 Å². The Kier molecular flexibility index (Phi) is 2.13. The molecule has 0 aliphatic heterocycles. The number of nitrogens with one attached hydrogen (secondary N) is 1. The van der Waals surface area contributed by atoms with Crippen LogP contribution in [0.25, 0.3) is 0 Å². The summed E-state index contributed by atoms with van der Waals surface area (Å²) in [6.45, 7) is 3.43. The highest BCUT2D eigenvalue weighted by Crippen LogP contribution is 2.44. The predicted molar refractivity (Wildman–Crippen MR) is 49.0 cm³/mol. The largest absolute Gasteiger partial charge is 0.392 e. The summed E-state index contributed by atoms with van der Waals surface area (Å²) in [5.41, 5.74) is 0.572. The van der Waals surface area contributed by atoms with E-state index < -0.39 is 0 Å². The number of hydrogen-bond acceptors (Lipinski definition) is 2. The fourth-order valence-electron chi connectivity index (χ4n) is 1.95. The maximum absolute atomic E-state index is 9.54. The quantitative estimate of drug-likeness (QED) is 0.667. The van der Waals surface area contributed by atoms with Gasteiger partial charge in [0.05, 0.1) is 6.10 Å². The third kappa shape index (κ3) is 1.80. The number of hydrogen-bond donors (Lipinski definition) is 2. The van der Waals surface area contributed by atoms with Crippen molar-refractivity contribution in [2.45, 2.75) is 51.2 Å². The third-order valence-electron chi connectivity index (χ3n) is 3.37. The maximum atomic E-state index is 9.54. The maximum Gasteiger partial charge on any atom is 0.0693 e. The Morgan fingerprint density at radius 2 is 2.17 bits per heavy atom. The summed E-state index contributed by atoms with van der Waals surface area (Å²) in [6, 6.07) is 0.391. The van der Waals surface area contributed by atoms with E-state index in [2.05, 4.69) is 12.2 Å². The van der Waals surface area contributed by atoms with Crippen molar-refractivity contribution in [2.24, 2.45) is 5.41 Å². The smallest absolute Gasteiger partial charge is 0.0693 e. The molecule has 0 spiro atoms. The van der Waals surface area contributed by atoms with Crippen LogP contribution in [0.15, 0.2) is 0 Å². The molecule has 70 valence electrons. The molecular weight excluding hydrogens is 150 g/mol. The Morgan fingerprint density at radius 3 is 2.67 bits per heavy atom. The molecule has 0 amide bonds. The van der Waals surface area contributed by atoms with Gasteiger partial charge in [-0.2, -0.15) is 0 Å². The van der Waals surface area contributed by atoms with E-state index in [4.69, 9.17) is 0 Å². The van der Waals surface area contributed by atoms with E-state index in [1.807, 2.05) is 0 Å². The van der Waals surface area contributed by atoms with E-state index >= 15 is 0 Å². The van der Waals surface area contributed by atoms with Crippen molar-refractivity contribution in [1.82, 2.24) is 5.32 Å². The van der Waals surface area contributed by atoms with Gasteiger partial charge in [-0.05, 0) is 37.5 Å². The molecule has 2 atom stereocenters. The third-order valence-corrected chi connectivity index (χ3v) is 3.37. The van der Waals surface area contributed by atoms with Crippen LogP contribution in [0.4, 0.5) is 0 Å². The standard InChI is InChI=1S/C10H19NO/c1-10(5-6-10)7-11-8-3-2-4-9(8)12/h8-9,11-12H,2-7H2,1H3/t8-,9-/m0/s1. The van der Waals surface area contributed by atoms with Crippen molar-refractivity contribution in [3.05, 3.63) is 0 Å². The van der Waals surface area contributed by atoms with Crippen LogP contribution in [0.1, 0.15) is 39.0 Å². The molecule has 0 heterocycles. The summed E-state index contributed by atoms with van der Waals surface area (Å²) in [5, 5.41) is 13.0. The molecule has 2 fully saturated rings. The molecule has 12 heavy (non-hydrogen) atoms. The van der Waals surface area contributed by atoms with Gasteiger partial charge in [-0.1, -0.05) is 6.92 Å². The molecule has 2 rings (SSSR count). The number of aliphatic hydroxyl groups is 1. The van der Waals surface area contributed by atoms with Crippen LogP contribution in [0.3, 0.4) is 0 Å². The topological polar surface area (TPSA) is 32.3 Å². The fraction of sp³-hybridized carbons (Fsp3) is 1.00. The highest BCUT2D eigenvalue weighted by Gasteiger charge is 2.38. The van der Waals surface area contributed by atoms with Gasteiger partial charge in [0.1, 0.15) is 0 Å². The van der Waals surface area contributed by atoms with Crippen molar-refractivity contribution in [1.29, 1.82) is 0 Å². The van der Waals surface area contributed by atoms with Crippen LogP contribution in [0.2, 0.25) is 0 Å². The molecule has 0 aromatic carbocycles. The molecule has 0 radical (unpaired) electrons. The van der Waals surface area contributed by atoms with Crippen LogP contribution < -0.4 is 5.32 Å². The van der Waals surface area contributed by atoms with Crippen molar-refractivity contribution in [3.8, 4) is 0 Å². The second kappa shape index (κ2) is 3.00. The van der Waals surface area contributed by atoms with Gasteiger partial charge in [0, 0.05) is 12.6 Å². The fourth-order valence-corrected chi connectivity index (χ4v) is 1.95. The predicted octanol–water partition coefficient (Wildman–Crippen LogP) is 1.29. The van der Waals surface area contributed by atoms with E-state index in [0.29, 0.717) is 11.5 Å². The zero-order valence-corrected chi connectivity index (χ0v) is 7.84. The van der Waals surface area contributed by atoms with E-state index in [1.165, 1.54) is 19.3 Å². The molecule has 0 unspecified atom stereocenters. The minimum absolute atomic E-state index is 0.0765. The summed E-state index contributed by atoms with van der Waals surface area (Å²) in [5.74, 6) is 0. The molecule has 0 aromatic rings. The highest BCUT2D eigenvalue weighted by molar-refractivity contribution is 4.93. The minimum atomic E-state index is -0.0765. The number of rotatable bonds is 3. The first-order valence-electron chi connectivity index (χ1n) is 5.11. The molecule has 0 bridgehead atoms. The number of aliphatic hydroxyl groups excluding tert-OH is 1. The first-order chi connectivity index (χ1) is 5.70. The Hall–Kier alpha value is -0.0800. The van der Waals surface area contributed by atoms with Gasteiger partial charge in [0.15, 0.2) is 0 Å². The Labute approximate surface area is 74.4 Å². The van der Waals surface area contributed by atoms with Gasteiger partial charge in [-0.25, -0.2) is 0 Å². The summed E-state index contributed by atoms with van der Waals surface area (Å²) in [4.78, 5) is 0. The Morgan fingerprint density at radius 1 is 1.42 bits per heavy atom. The van der Waals surface area contributed by atoms with E-state index in [0.717, 1.165) is 19.4 Å². The first kappa shape index (κ1) is 8.52. The molecule has 2 aliphatic rings. The molecule has 0 saturated heterocycles. The summed E-state index contributed by atoms with van der Waals surface area (Å²) < 4.78 is 0. The van der Waals surface area contributed by atoms with Crippen molar-refractivity contribution in [3.63, 3.8) is 0 Å². The van der Waals surface area contributed by atoms with Crippen molar-refractivity contribution in [2.75, 3.05) is 6.54 Å². The first-order valence-corrected chi connectivity index (χ1v) is 5.11. The SMILES string of the molecule is CC1(CN[C@H]2CCC[C@@H]2O)CC1. The molecular formula is C10H19NO. The minimum Gasteiger partial charge on any atom is -0.392 e. The Balaban J connectivity index is 1.72. The van der Waals surface area contributed by atoms with Crippen molar-refractivity contribution >= 4 is 0 Å². The second-order valence-corrected chi connectivity index (χ2v) is 4.80. The molecule has 0 aromatic heterocycles. The van der Waals surface area contributed by atoms with Crippen LogP contribution in [-0.4, -0.2) is 23.8 Å². The molecule has 2 heteroatoms. The van der Waals surface area contributed by atoms with Crippen LogP contribution in [-0.2, 0) is 0 Å². The lowest BCUT2D eigenvalue weighted by molar-refractivity contribution is 0.146. The van der Waals surface area contributed by atoms with Crippen LogP contribution in [0, 0.1) is 5.41 Å². The molecule has 2 nitrogen and oxygen atoms in total. The summed E-state index contributed by atoms with van der Waals surface area (Å²) in [7, 11) is 0. The zero-order valence-electron chi connectivity index (χ0n) is 7.84. The summed E-state index contributed by atoms with van der Waals surface area (Å²) in [6.07, 6.45) is 6.00. The normalized spacial score (nSPS) is 38.5. The van der Waals surface area contributed by atoms with E-state index in [-0.39, 0.29) is 6.10 Å². The van der Waals surface area contributed by atoms with Gasteiger partial charge >= 0.3 is 0 Å². The van der Waals surface area contributed by atoms with Crippen molar-refractivity contribution < 1.29 is 5.11 Å². The lowest BCUT2D eigenvalue weighted by atomic mass is 10.1. The average molecular weight is 169 g/mol. The van der Waals surface area contributed by atoms with Crippen LogP contribution in [0.5, 0.6) is 0 Å².